The molecule has 0 aliphatic carbocycles. The van der Waals surface area contributed by atoms with E-state index in [2.05, 4.69) is 41.3 Å². The third kappa shape index (κ3) is 4.45. The molecule has 2 aromatic rings. The second-order valence-corrected chi connectivity index (χ2v) is 5.54. The first-order valence-electron chi connectivity index (χ1n) is 7.30. The lowest BCUT2D eigenvalue weighted by molar-refractivity contribution is 0.672. The van der Waals surface area contributed by atoms with Crippen LogP contribution in [0.3, 0.4) is 0 Å². The molecule has 0 fully saturated rings. The van der Waals surface area contributed by atoms with E-state index in [0.29, 0.717) is 0 Å². The van der Waals surface area contributed by atoms with Crippen molar-refractivity contribution in [2.45, 2.75) is 26.4 Å². The topological polar surface area (TPSA) is 28.2 Å². The summed E-state index contributed by atoms with van der Waals surface area (Å²) in [6, 6.07) is 10.0. The van der Waals surface area contributed by atoms with Crippen molar-refractivity contribution in [2.75, 3.05) is 18.5 Å². The SMILES string of the molecule is CCCNCc1cnccc1N(C)Cc1ccccc1Cl. The van der Waals surface area contributed by atoms with Gasteiger partial charge in [-0.2, -0.15) is 0 Å². The number of nitrogens with zero attached hydrogens (tertiary/aromatic N) is 2. The summed E-state index contributed by atoms with van der Waals surface area (Å²) in [4.78, 5) is 6.45. The van der Waals surface area contributed by atoms with Crippen LogP contribution in [0.2, 0.25) is 5.02 Å². The third-order valence-corrected chi connectivity index (χ3v) is 3.77. The normalized spacial score (nSPS) is 10.6. The maximum atomic E-state index is 6.25. The van der Waals surface area contributed by atoms with Crippen LogP contribution in [0.15, 0.2) is 42.7 Å². The van der Waals surface area contributed by atoms with Gasteiger partial charge in [-0.3, -0.25) is 4.98 Å². The van der Waals surface area contributed by atoms with Crippen molar-refractivity contribution in [3.8, 4) is 0 Å². The largest absolute Gasteiger partial charge is 0.370 e. The standard InChI is InChI=1S/C17H22ClN3/c1-3-9-19-11-15-12-20-10-8-17(15)21(2)13-14-6-4-5-7-16(14)18/h4-8,10,12,19H,3,9,11,13H2,1-2H3. The Labute approximate surface area is 132 Å². The first-order valence-corrected chi connectivity index (χ1v) is 7.68. The smallest absolute Gasteiger partial charge is 0.0455 e. The average molecular weight is 304 g/mol. The zero-order valence-corrected chi connectivity index (χ0v) is 13.4. The van der Waals surface area contributed by atoms with Crippen molar-refractivity contribution < 1.29 is 0 Å². The minimum Gasteiger partial charge on any atom is -0.370 e. The fraction of sp³-hybridized carbons (Fsp3) is 0.353. The molecule has 0 radical (unpaired) electrons. The maximum Gasteiger partial charge on any atom is 0.0455 e. The number of anilines is 1. The lowest BCUT2D eigenvalue weighted by Crippen LogP contribution is -2.21. The van der Waals surface area contributed by atoms with E-state index < -0.39 is 0 Å². The molecule has 0 saturated heterocycles. The number of halogens is 1. The molecule has 1 heterocycles. The molecule has 1 N–H and O–H groups in total. The van der Waals surface area contributed by atoms with Gasteiger partial charge in [-0.15, -0.1) is 0 Å². The zero-order chi connectivity index (χ0) is 15.1. The summed E-state index contributed by atoms with van der Waals surface area (Å²) < 4.78 is 0. The summed E-state index contributed by atoms with van der Waals surface area (Å²) >= 11 is 6.25. The van der Waals surface area contributed by atoms with Crippen LogP contribution in [-0.4, -0.2) is 18.6 Å². The molecular weight excluding hydrogens is 282 g/mol. The van der Waals surface area contributed by atoms with Crippen molar-refractivity contribution in [3.63, 3.8) is 0 Å². The van der Waals surface area contributed by atoms with Gasteiger partial charge in [-0.25, -0.2) is 0 Å². The lowest BCUT2D eigenvalue weighted by Gasteiger charge is -2.23. The van der Waals surface area contributed by atoms with Crippen LogP contribution in [0.5, 0.6) is 0 Å². The molecule has 0 atom stereocenters. The number of hydrogen-bond donors (Lipinski definition) is 1. The summed E-state index contributed by atoms with van der Waals surface area (Å²) in [6.07, 6.45) is 4.90. The molecule has 0 unspecified atom stereocenters. The molecule has 0 aliphatic rings. The predicted octanol–water partition coefficient (Wildman–Crippen LogP) is 3.87. The van der Waals surface area contributed by atoms with Gasteiger partial charge >= 0.3 is 0 Å². The van der Waals surface area contributed by atoms with Crippen molar-refractivity contribution in [1.29, 1.82) is 0 Å². The Hall–Kier alpha value is -1.58. The van der Waals surface area contributed by atoms with Crippen LogP contribution < -0.4 is 10.2 Å². The number of aromatic nitrogens is 1. The van der Waals surface area contributed by atoms with Gasteiger partial charge in [0.25, 0.3) is 0 Å². The van der Waals surface area contributed by atoms with Crippen LogP contribution >= 0.6 is 11.6 Å². The molecule has 1 aromatic carbocycles. The maximum absolute atomic E-state index is 6.25. The molecule has 3 nitrogen and oxygen atoms in total. The summed E-state index contributed by atoms with van der Waals surface area (Å²) in [5, 5.41) is 4.24. The van der Waals surface area contributed by atoms with Crippen molar-refractivity contribution in [3.05, 3.63) is 58.9 Å². The van der Waals surface area contributed by atoms with Crippen LogP contribution in [0.4, 0.5) is 5.69 Å². The first kappa shape index (κ1) is 15.8. The molecule has 0 bridgehead atoms. The highest BCUT2D eigenvalue weighted by atomic mass is 35.5. The van der Waals surface area contributed by atoms with Gasteiger partial charge < -0.3 is 10.2 Å². The van der Waals surface area contributed by atoms with E-state index in [1.165, 1.54) is 11.3 Å². The molecule has 0 aliphatic heterocycles. The summed E-state index contributed by atoms with van der Waals surface area (Å²) in [6.45, 7) is 4.80. The van der Waals surface area contributed by atoms with Crippen LogP contribution in [0.1, 0.15) is 24.5 Å². The molecule has 2 rings (SSSR count). The van der Waals surface area contributed by atoms with Gasteiger partial charge in [0.2, 0.25) is 0 Å². The highest BCUT2D eigenvalue weighted by Crippen LogP contribution is 2.23. The van der Waals surface area contributed by atoms with Gasteiger partial charge in [-0.05, 0) is 30.7 Å². The average Bonchev–Trinajstić information content (AvgIpc) is 2.50. The Balaban J connectivity index is 2.11. The Morgan fingerprint density at radius 1 is 1.19 bits per heavy atom. The molecule has 0 amide bonds. The third-order valence-electron chi connectivity index (χ3n) is 3.40. The Bertz CT molecular complexity index is 571. The van der Waals surface area contributed by atoms with Crippen LogP contribution in [-0.2, 0) is 13.1 Å². The highest BCUT2D eigenvalue weighted by molar-refractivity contribution is 6.31. The van der Waals surface area contributed by atoms with Crippen molar-refractivity contribution >= 4 is 17.3 Å². The molecule has 1 aromatic heterocycles. The van der Waals surface area contributed by atoms with Gasteiger partial charge in [0.15, 0.2) is 0 Å². The predicted molar refractivity (Wildman–Crippen MR) is 89.8 cm³/mol. The zero-order valence-electron chi connectivity index (χ0n) is 12.6. The van der Waals surface area contributed by atoms with E-state index >= 15 is 0 Å². The first-order chi connectivity index (χ1) is 10.2. The van der Waals surface area contributed by atoms with Gasteiger partial charge in [0, 0.05) is 48.8 Å². The van der Waals surface area contributed by atoms with Gasteiger partial charge in [-0.1, -0.05) is 36.7 Å². The van der Waals surface area contributed by atoms with Gasteiger partial charge in [0.05, 0.1) is 0 Å². The Morgan fingerprint density at radius 3 is 2.76 bits per heavy atom. The van der Waals surface area contributed by atoms with Crippen molar-refractivity contribution in [1.82, 2.24) is 10.3 Å². The number of benzene rings is 1. The quantitative estimate of drug-likeness (QED) is 0.787. The van der Waals surface area contributed by atoms with Crippen LogP contribution in [0, 0.1) is 0 Å². The fourth-order valence-corrected chi connectivity index (χ4v) is 2.49. The van der Waals surface area contributed by atoms with E-state index in [4.69, 9.17) is 11.6 Å². The number of nitrogens with one attached hydrogen (secondary N) is 1. The molecule has 4 heteroatoms. The molecule has 112 valence electrons. The van der Waals surface area contributed by atoms with E-state index in [1.807, 2.05) is 30.6 Å². The number of rotatable bonds is 7. The summed E-state index contributed by atoms with van der Waals surface area (Å²) in [5.41, 5.74) is 3.53. The molecular formula is C17H22ClN3. The van der Waals surface area contributed by atoms with E-state index in [9.17, 15) is 0 Å². The fourth-order valence-electron chi connectivity index (χ4n) is 2.30. The van der Waals surface area contributed by atoms with Crippen molar-refractivity contribution in [2.24, 2.45) is 0 Å². The van der Waals surface area contributed by atoms with E-state index in [-0.39, 0.29) is 0 Å². The van der Waals surface area contributed by atoms with Gasteiger partial charge in [0.1, 0.15) is 0 Å². The second-order valence-electron chi connectivity index (χ2n) is 5.13. The highest BCUT2D eigenvalue weighted by Gasteiger charge is 2.09. The van der Waals surface area contributed by atoms with Crippen LogP contribution in [0.25, 0.3) is 0 Å². The Kier molecular flexibility index (Phi) is 6.03. The Morgan fingerprint density at radius 2 is 2.00 bits per heavy atom. The molecule has 21 heavy (non-hydrogen) atoms. The minimum atomic E-state index is 0.782. The summed E-state index contributed by atoms with van der Waals surface area (Å²) in [7, 11) is 2.09. The number of pyridine rings is 1. The summed E-state index contributed by atoms with van der Waals surface area (Å²) in [5.74, 6) is 0. The minimum absolute atomic E-state index is 0.782. The molecule has 0 saturated carbocycles. The van der Waals surface area contributed by atoms with E-state index in [0.717, 1.165) is 36.6 Å². The second kappa shape index (κ2) is 8.01. The number of hydrogen-bond acceptors (Lipinski definition) is 3. The lowest BCUT2D eigenvalue weighted by atomic mass is 10.1. The van der Waals surface area contributed by atoms with E-state index in [1.54, 1.807) is 0 Å². The monoisotopic (exact) mass is 303 g/mol. The molecule has 0 spiro atoms.